The Hall–Kier alpha value is -3.38. The first-order valence-electron chi connectivity index (χ1n) is 11.4. The fourth-order valence-electron chi connectivity index (χ4n) is 4.03. The van der Waals surface area contributed by atoms with Crippen molar-refractivity contribution in [1.82, 2.24) is 20.3 Å². The summed E-state index contributed by atoms with van der Waals surface area (Å²) in [5.74, 6) is -0.0886. The molecule has 0 fully saturated rings. The van der Waals surface area contributed by atoms with Gasteiger partial charge in [-0.3, -0.25) is 9.68 Å². The molecule has 12 nitrogen and oxygen atoms in total. The quantitative estimate of drug-likeness (QED) is 0.450. The fraction of sp³-hybridized carbons (Fsp3) is 0.545. The normalized spacial score (nSPS) is 24.8. The van der Waals surface area contributed by atoms with Crippen LogP contribution in [0.4, 0.5) is 0 Å². The van der Waals surface area contributed by atoms with Crippen molar-refractivity contribution in [3.63, 3.8) is 0 Å². The molecular weight excluding hydrogens is 444 g/mol. The van der Waals surface area contributed by atoms with Crippen LogP contribution in [0.1, 0.15) is 50.1 Å². The van der Waals surface area contributed by atoms with Crippen LogP contribution in [0.25, 0.3) is 11.1 Å². The number of aryl methyl sites for hydroxylation is 2. The number of hydroxylamine groups is 6. The van der Waals surface area contributed by atoms with E-state index in [1.165, 1.54) is 0 Å². The lowest BCUT2D eigenvalue weighted by Crippen LogP contribution is -2.53. The van der Waals surface area contributed by atoms with Gasteiger partial charge in [0.15, 0.2) is 11.6 Å². The molecule has 4 rings (SSSR count). The number of rotatable bonds is 6. The van der Waals surface area contributed by atoms with Crippen molar-refractivity contribution in [3.8, 4) is 0 Å². The minimum atomic E-state index is -1.05. The topological polar surface area (TPSA) is 130 Å². The fourth-order valence-corrected chi connectivity index (χ4v) is 4.03. The summed E-state index contributed by atoms with van der Waals surface area (Å²) in [6.45, 7) is 5.50. The second-order valence-corrected chi connectivity index (χ2v) is 8.89. The van der Waals surface area contributed by atoms with Crippen molar-refractivity contribution >= 4 is 23.1 Å². The van der Waals surface area contributed by atoms with E-state index >= 15 is 0 Å². The van der Waals surface area contributed by atoms with E-state index in [0.29, 0.717) is 75.3 Å². The van der Waals surface area contributed by atoms with Crippen LogP contribution in [0, 0.1) is 0 Å². The largest absolute Gasteiger partial charge is 0.480 e. The molecule has 0 N–H and O–H groups in total. The maximum absolute atomic E-state index is 12.7. The highest BCUT2D eigenvalue weighted by Gasteiger charge is 2.41. The Morgan fingerprint density at radius 3 is 1.59 bits per heavy atom. The zero-order valence-corrected chi connectivity index (χ0v) is 19.9. The number of aromatic nitrogens is 4. The van der Waals surface area contributed by atoms with Crippen LogP contribution >= 0.6 is 0 Å². The molecule has 0 amide bonds. The van der Waals surface area contributed by atoms with Crippen molar-refractivity contribution in [3.05, 3.63) is 35.6 Å². The average Bonchev–Trinajstić information content (AvgIpc) is 3.48. The van der Waals surface area contributed by atoms with Crippen molar-refractivity contribution in [2.75, 3.05) is 40.3 Å². The Kier molecular flexibility index (Phi) is 6.62. The number of carbonyl (C=O) groups is 2. The summed E-state index contributed by atoms with van der Waals surface area (Å²) >= 11 is 0. The molecule has 12 heteroatoms. The van der Waals surface area contributed by atoms with Gasteiger partial charge in [0.25, 0.3) is 11.8 Å². The third kappa shape index (κ3) is 5.23. The van der Waals surface area contributed by atoms with Crippen LogP contribution in [0.2, 0.25) is 0 Å². The lowest BCUT2D eigenvalue weighted by atomic mass is 10.1. The summed E-state index contributed by atoms with van der Waals surface area (Å²) < 4.78 is 10.4. The van der Waals surface area contributed by atoms with Crippen molar-refractivity contribution in [2.24, 2.45) is 0 Å². The molecule has 0 spiro atoms. The average molecular weight is 475 g/mol. The predicted molar refractivity (Wildman–Crippen MR) is 117 cm³/mol. The van der Waals surface area contributed by atoms with Gasteiger partial charge in [-0.15, -0.1) is 9.29 Å². The van der Waals surface area contributed by atoms with E-state index in [9.17, 15) is 9.59 Å². The van der Waals surface area contributed by atoms with Crippen LogP contribution in [0.5, 0.6) is 0 Å². The maximum atomic E-state index is 12.7. The van der Waals surface area contributed by atoms with E-state index in [2.05, 4.69) is 20.3 Å². The summed E-state index contributed by atoms with van der Waals surface area (Å²) in [5.41, 5.74) is 1.55. The van der Waals surface area contributed by atoms with E-state index in [1.54, 1.807) is 14.1 Å². The molecule has 2 aromatic heterocycles. The first kappa shape index (κ1) is 23.8. The van der Waals surface area contributed by atoms with Gasteiger partial charge in [-0.25, -0.2) is 9.59 Å². The number of hydrogen-bond donors (Lipinski definition) is 0. The summed E-state index contributed by atoms with van der Waals surface area (Å²) in [5, 5.41) is 7.83. The van der Waals surface area contributed by atoms with E-state index < -0.39 is 11.9 Å². The van der Waals surface area contributed by atoms with Gasteiger partial charge in [0.1, 0.15) is 40.3 Å². The molecule has 2 aliphatic heterocycles. The van der Waals surface area contributed by atoms with Gasteiger partial charge in [0.2, 0.25) is 0 Å². The molecule has 2 aromatic rings. The Labute approximate surface area is 196 Å². The molecule has 0 aromatic carbocycles. The highest BCUT2D eigenvalue weighted by Crippen LogP contribution is 2.26. The molecule has 182 valence electrons. The second-order valence-electron chi connectivity index (χ2n) is 8.89. The molecule has 0 saturated carbocycles. The third-order valence-electron chi connectivity index (χ3n) is 5.89. The van der Waals surface area contributed by atoms with Crippen molar-refractivity contribution in [1.29, 1.82) is 0 Å². The molecule has 4 heterocycles. The molecule has 0 saturated heterocycles. The Morgan fingerprint density at radius 1 is 0.824 bits per heavy atom. The number of hydrogen-bond acceptors (Lipinski definition) is 10. The van der Waals surface area contributed by atoms with Crippen molar-refractivity contribution in [2.45, 2.75) is 39.5 Å². The highest BCUT2D eigenvalue weighted by atomic mass is 16.8. The molecule has 2 atom stereocenters. The third-order valence-corrected chi connectivity index (χ3v) is 5.89. The lowest BCUT2D eigenvalue weighted by molar-refractivity contribution is -1.07. The van der Waals surface area contributed by atoms with Gasteiger partial charge in [-0.1, -0.05) is 36.3 Å². The van der Waals surface area contributed by atoms with Crippen LogP contribution < -0.4 is 0 Å². The van der Waals surface area contributed by atoms with E-state index in [4.69, 9.17) is 18.7 Å². The number of likely N-dealkylation sites (N-methyl/N-ethyl adjacent to an activating group) is 2. The number of nitrogens with zero attached hydrogens (tertiary/aromatic N) is 6. The smallest absolute Gasteiger partial charge is 0.334 e. The number of carbonyl (C=O) groups excluding carboxylic acids is 2. The molecule has 0 bridgehead atoms. The van der Waals surface area contributed by atoms with Crippen LogP contribution in [0.3, 0.4) is 0 Å². The van der Waals surface area contributed by atoms with Gasteiger partial charge in [0.05, 0.1) is 11.1 Å². The second kappa shape index (κ2) is 9.47. The Bertz CT molecular complexity index is 1050. The van der Waals surface area contributed by atoms with Gasteiger partial charge in [0, 0.05) is 25.7 Å². The maximum Gasteiger partial charge on any atom is 0.480 e. The highest BCUT2D eigenvalue weighted by molar-refractivity contribution is 6.29. The van der Waals surface area contributed by atoms with Gasteiger partial charge >= 0.3 is 11.9 Å². The molecule has 34 heavy (non-hydrogen) atoms. The summed E-state index contributed by atoms with van der Waals surface area (Å²) in [6, 6.07) is 0. The minimum Gasteiger partial charge on any atom is -0.334 e. The summed E-state index contributed by atoms with van der Waals surface area (Å²) in [6.07, 6.45) is 6.53. The minimum absolute atomic E-state index is 0.125. The molecule has 0 aliphatic carbocycles. The van der Waals surface area contributed by atoms with Crippen LogP contribution in [-0.2, 0) is 32.1 Å². The van der Waals surface area contributed by atoms with E-state index in [1.807, 2.05) is 26.0 Å². The van der Waals surface area contributed by atoms with Gasteiger partial charge in [-0.05, 0) is 0 Å². The predicted octanol–water partition coefficient (Wildman–Crippen LogP) is 1.66. The van der Waals surface area contributed by atoms with Crippen molar-refractivity contribution < 1.29 is 37.6 Å². The Balaban J connectivity index is 1.37. The van der Waals surface area contributed by atoms with Crippen LogP contribution in [-0.4, -0.2) is 81.8 Å². The lowest BCUT2D eigenvalue weighted by Gasteiger charge is -2.34. The van der Waals surface area contributed by atoms with E-state index in [-0.39, 0.29) is 9.29 Å². The first-order chi connectivity index (χ1) is 16.2. The van der Waals surface area contributed by atoms with Gasteiger partial charge in [-0.2, -0.15) is 9.97 Å². The zero-order chi connectivity index (χ0) is 24.3. The van der Waals surface area contributed by atoms with E-state index in [0.717, 1.165) is 11.1 Å². The molecule has 2 unspecified atom stereocenters. The standard InChI is InChI=1S/C22H30N6O6/c1-5-17-23-19(31-25-17)15-9-7-11-27(3,13-15)33-21(29)22(30)34-28(4)12-8-10-16(14-28)20-24-18(6-2)26-32-20/h9-10H,5-8,11-14H2,1-4H3/q+2. The molecule has 0 radical (unpaired) electrons. The number of quaternary nitrogens is 2. The summed E-state index contributed by atoms with van der Waals surface area (Å²) in [7, 11) is 3.46. The van der Waals surface area contributed by atoms with Gasteiger partial charge < -0.3 is 9.05 Å². The SMILES string of the molecule is CCc1noc(C2=CCC[N+](C)(OC(=O)C(=O)O[N+]3(C)CCC=C(c4nc(CC)no4)C3)C2)n1. The first-order valence-corrected chi connectivity index (χ1v) is 11.4. The Morgan fingerprint density at radius 2 is 1.24 bits per heavy atom. The monoisotopic (exact) mass is 474 g/mol. The van der Waals surface area contributed by atoms with Crippen LogP contribution in [0.15, 0.2) is 21.2 Å². The summed E-state index contributed by atoms with van der Waals surface area (Å²) in [4.78, 5) is 45.2. The molecular formula is C22H30N6O6+2. The zero-order valence-electron chi connectivity index (χ0n) is 19.9. The molecule has 2 aliphatic rings.